The molecule has 0 bridgehead atoms. The van der Waals surface area contributed by atoms with Crippen molar-refractivity contribution in [1.29, 1.82) is 5.26 Å². The van der Waals surface area contributed by atoms with Gasteiger partial charge in [0.1, 0.15) is 17.6 Å². The van der Waals surface area contributed by atoms with Crippen LogP contribution in [0.3, 0.4) is 0 Å². The molecule has 5 heteroatoms. The van der Waals surface area contributed by atoms with E-state index >= 15 is 0 Å². The van der Waals surface area contributed by atoms with Gasteiger partial charge < -0.3 is 15.2 Å². The molecule has 0 aliphatic heterocycles. The number of rotatable bonds is 4. The molecule has 0 saturated heterocycles. The Morgan fingerprint density at radius 2 is 1.76 bits per heavy atom. The number of hydrogen-bond donors (Lipinski definition) is 2. The smallest absolute Gasteiger partial charge is 0.255 e. The van der Waals surface area contributed by atoms with Crippen LogP contribution in [0.1, 0.15) is 41.6 Å². The normalized spacial score (nSPS) is 19.7. The summed E-state index contributed by atoms with van der Waals surface area (Å²) in [5, 5.41) is 22.1. The van der Waals surface area contributed by atoms with Crippen molar-refractivity contribution in [3.05, 3.63) is 59.7 Å². The first-order valence-corrected chi connectivity index (χ1v) is 8.44. The summed E-state index contributed by atoms with van der Waals surface area (Å²) in [5.74, 6) is 0.506. The standard InChI is InChI=1S/C20H20N2O3/c21-13-14-7-1-5-11-18(14)25-19-12-6-2-8-15(19)20(24)22-16-9-3-4-10-17(16)23/h1-2,5-8,11-12,16-17,23H,3-4,9-10H2,(H,22,24). The second kappa shape index (κ2) is 7.82. The van der Waals surface area contributed by atoms with E-state index in [9.17, 15) is 15.2 Å². The van der Waals surface area contributed by atoms with Crippen molar-refractivity contribution >= 4 is 5.91 Å². The summed E-state index contributed by atoms with van der Waals surface area (Å²) < 4.78 is 5.82. The van der Waals surface area contributed by atoms with Crippen LogP contribution < -0.4 is 10.1 Å². The summed E-state index contributed by atoms with van der Waals surface area (Å²) in [6.07, 6.45) is 2.95. The highest BCUT2D eigenvalue weighted by Crippen LogP contribution is 2.28. The Kier molecular flexibility index (Phi) is 5.32. The van der Waals surface area contributed by atoms with Crippen molar-refractivity contribution in [2.75, 3.05) is 0 Å². The first kappa shape index (κ1) is 17.0. The van der Waals surface area contributed by atoms with E-state index in [1.165, 1.54) is 0 Å². The van der Waals surface area contributed by atoms with E-state index in [-0.39, 0.29) is 11.9 Å². The lowest BCUT2D eigenvalue weighted by atomic mass is 9.92. The minimum Gasteiger partial charge on any atom is -0.455 e. The van der Waals surface area contributed by atoms with Gasteiger partial charge in [-0.2, -0.15) is 5.26 Å². The van der Waals surface area contributed by atoms with E-state index in [1.54, 1.807) is 48.5 Å². The fourth-order valence-corrected chi connectivity index (χ4v) is 3.04. The zero-order valence-electron chi connectivity index (χ0n) is 13.8. The van der Waals surface area contributed by atoms with E-state index in [0.29, 0.717) is 29.0 Å². The molecule has 2 unspecified atom stereocenters. The lowest BCUT2D eigenvalue weighted by Gasteiger charge is -2.28. The Bertz CT molecular complexity index is 798. The van der Waals surface area contributed by atoms with Crippen LogP contribution in [0, 0.1) is 11.3 Å². The molecule has 2 N–H and O–H groups in total. The molecular weight excluding hydrogens is 316 g/mol. The number of hydrogen-bond acceptors (Lipinski definition) is 4. The maximum atomic E-state index is 12.7. The number of benzene rings is 2. The molecule has 3 rings (SSSR count). The molecule has 1 amide bonds. The van der Waals surface area contributed by atoms with Crippen LogP contribution in [0.25, 0.3) is 0 Å². The van der Waals surface area contributed by atoms with Crippen LogP contribution in [-0.2, 0) is 0 Å². The topological polar surface area (TPSA) is 82.3 Å². The van der Waals surface area contributed by atoms with Crippen molar-refractivity contribution in [2.24, 2.45) is 0 Å². The van der Waals surface area contributed by atoms with Gasteiger partial charge in [0.15, 0.2) is 0 Å². The van der Waals surface area contributed by atoms with Gasteiger partial charge in [-0.1, -0.05) is 37.1 Å². The number of aliphatic hydroxyl groups excluding tert-OH is 1. The van der Waals surface area contributed by atoms with Crippen molar-refractivity contribution < 1.29 is 14.6 Å². The van der Waals surface area contributed by atoms with E-state index in [1.807, 2.05) is 0 Å². The molecule has 2 atom stereocenters. The quantitative estimate of drug-likeness (QED) is 0.896. The summed E-state index contributed by atoms with van der Waals surface area (Å²) in [6.45, 7) is 0. The molecule has 0 radical (unpaired) electrons. The third-order valence-corrected chi connectivity index (χ3v) is 4.41. The third kappa shape index (κ3) is 3.98. The maximum absolute atomic E-state index is 12.7. The number of aliphatic hydroxyl groups is 1. The van der Waals surface area contributed by atoms with E-state index in [4.69, 9.17) is 4.74 Å². The van der Waals surface area contributed by atoms with E-state index in [2.05, 4.69) is 11.4 Å². The summed E-state index contributed by atoms with van der Waals surface area (Å²) >= 11 is 0. The first-order chi connectivity index (χ1) is 12.2. The van der Waals surface area contributed by atoms with Gasteiger partial charge in [-0.15, -0.1) is 0 Å². The van der Waals surface area contributed by atoms with Crippen LogP contribution in [0.2, 0.25) is 0 Å². The van der Waals surface area contributed by atoms with Crippen LogP contribution in [-0.4, -0.2) is 23.2 Å². The SMILES string of the molecule is N#Cc1ccccc1Oc1ccccc1C(=O)NC1CCCCC1O. The van der Waals surface area contributed by atoms with Gasteiger partial charge in [-0.3, -0.25) is 4.79 Å². The highest BCUT2D eigenvalue weighted by molar-refractivity contribution is 5.97. The number of amides is 1. The minimum absolute atomic E-state index is 0.235. The van der Waals surface area contributed by atoms with Gasteiger partial charge in [0.05, 0.1) is 23.3 Å². The van der Waals surface area contributed by atoms with E-state index in [0.717, 1.165) is 19.3 Å². The number of para-hydroxylation sites is 2. The Labute approximate surface area is 146 Å². The van der Waals surface area contributed by atoms with Crippen molar-refractivity contribution in [1.82, 2.24) is 5.32 Å². The average molecular weight is 336 g/mol. The van der Waals surface area contributed by atoms with Gasteiger partial charge >= 0.3 is 0 Å². The van der Waals surface area contributed by atoms with Gasteiger partial charge in [-0.25, -0.2) is 0 Å². The Hall–Kier alpha value is -2.84. The average Bonchev–Trinajstić information content (AvgIpc) is 2.64. The molecule has 2 aromatic carbocycles. The zero-order valence-corrected chi connectivity index (χ0v) is 13.8. The molecule has 0 heterocycles. The fourth-order valence-electron chi connectivity index (χ4n) is 3.04. The summed E-state index contributed by atoms with van der Waals surface area (Å²) in [7, 11) is 0. The summed E-state index contributed by atoms with van der Waals surface area (Å²) in [5.41, 5.74) is 0.786. The molecule has 128 valence electrons. The molecule has 0 spiro atoms. The van der Waals surface area contributed by atoms with Gasteiger partial charge in [0.2, 0.25) is 0 Å². The third-order valence-electron chi connectivity index (χ3n) is 4.41. The van der Waals surface area contributed by atoms with Gasteiger partial charge in [0, 0.05) is 0 Å². The van der Waals surface area contributed by atoms with Gasteiger partial charge in [0.25, 0.3) is 5.91 Å². The predicted octanol–water partition coefficient (Wildman–Crippen LogP) is 3.38. The number of carbonyl (C=O) groups is 1. The van der Waals surface area contributed by atoms with Crippen molar-refractivity contribution in [3.63, 3.8) is 0 Å². The molecule has 1 saturated carbocycles. The monoisotopic (exact) mass is 336 g/mol. The number of ether oxygens (including phenoxy) is 1. The molecule has 1 aliphatic rings. The van der Waals surface area contributed by atoms with E-state index < -0.39 is 6.10 Å². The second-order valence-corrected chi connectivity index (χ2v) is 6.14. The first-order valence-electron chi connectivity index (χ1n) is 8.44. The molecular formula is C20H20N2O3. The molecule has 1 aliphatic carbocycles. The number of carbonyl (C=O) groups excluding carboxylic acids is 1. The van der Waals surface area contributed by atoms with Crippen LogP contribution >= 0.6 is 0 Å². The number of nitrogens with zero attached hydrogens (tertiary/aromatic N) is 1. The Morgan fingerprint density at radius 1 is 1.08 bits per heavy atom. The largest absolute Gasteiger partial charge is 0.455 e. The lowest BCUT2D eigenvalue weighted by Crippen LogP contribution is -2.45. The highest BCUT2D eigenvalue weighted by Gasteiger charge is 2.26. The fraction of sp³-hybridized carbons (Fsp3) is 0.300. The van der Waals surface area contributed by atoms with Crippen LogP contribution in [0.15, 0.2) is 48.5 Å². The summed E-state index contributed by atoms with van der Waals surface area (Å²) in [4.78, 5) is 12.7. The molecule has 5 nitrogen and oxygen atoms in total. The zero-order chi connectivity index (χ0) is 17.6. The maximum Gasteiger partial charge on any atom is 0.255 e. The van der Waals surface area contributed by atoms with Crippen LogP contribution in [0.4, 0.5) is 0 Å². The Morgan fingerprint density at radius 3 is 2.52 bits per heavy atom. The summed E-state index contributed by atoms with van der Waals surface area (Å²) in [6, 6.07) is 15.6. The van der Waals surface area contributed by atoms with Crippen LogP contribution in [0.5, 0.6) is 11.5 Å². The molecule has 0 aromatic heterocycles. The number of nitriles is 1. The molecule has 1 fully saturated rings. The number of nitrogens with one attached hydrogen (secondary N) is 1. The molecule has 2 aromatic rings. The lowest BCUT2D eigenvalue weighted by molar-refractivity contribution is 0.0715. The second-order valence-electron chi connectivity index (χ2n) is 6.14. The Balaban J connectivity index is 1.81. The van der Waals surface area contributed by atoms with Crippen molar-refractivity contribution in [3.8, 4) is 17.6 Å². The highest BCUT2D eigenvalue weighted by atomic mass is 16.5. The minimum atomic E-state index is -0.509. The van der Waals surface area contributed by atoms with Gasteiger partial charge in [-0.05, 0) is 37.1 Å². The van der Waals surface area contributed by atoms with Crippen molar-refractivity contribution in [2.45, 2.75) is 37.8 Å². The molecule has 25 heavy (non-hydrogen) atoms. The predicted molar refractivity (Wildman–Crippen MR) is 93.4 cm³/mol.